The van der Waals surface area contributed by atoms with Gasteiger partial charge in [0.25, 0.3) is 0 Å². The number of aliphatic hydroxyl groups excluding tert-OH is 1. The van der Waals surface area contributed by atoms with E-state index in [1.807, 2.05) is 25.7 Å². The van der Waals surface area contributed by atoms with Crippen LogP contribution in [0.4, 0.5) is 4.79 Å². The van der Waals surface area contributed by atoms with Crippen molar-refractivity contribution in [3.63, 3.8) is 0 Å². The monoisotopic (exact) mass is 256 g/mol. The molecule has 0 aliphatic carbocycles. The molecule has 1 amide bonds. The molecular formula is C13H24N2O3. The molecule has 2 heterocycles. The molecule has 0 radical (unpaired) electrons. The van der Waals surface area contributed by atoms with Gasteiger partial charge >= 0.3 is 6.09 Å². The largest absolute Gasteiger partial charge is 0.444 e. The van der Waals surface area contributed by atoms with Crippen LogP contribution < -0.4 is 5.32 Å². The van der Waals surface area contributed by atoms with Gasteiger partial charge in [0.2, 0.25) is 0 Å². The second-order valence-electron chi connectivity index (χ2n) is 6.36. The summed E-state index contributed by atoms with van der Waals surface area (Å²) in [5.74, 6) is 0. The lowest BCUT2D eigenvalue weighted by Crippen LogP contribution is -2.63. The molecule has 0 spiro atoms. The summed E-state index contributed by atoms with van der Waals surface area (Å²) in [7, 11) is 0. The average Bonchev–Trinajstić information content (AvgIpc) is 2.49. The number of carbonyl (C=O) groups excluding carboxylic acids is 1. The number of piperazine rings is 1. The maximum atomic E-state index is 12.2. The van der Waals surface area contributed by atoms with Crippen LogP contribution in [0.2, 0.25) is 0 Å². The summed E-state index contributed by atoms with van der Waals surface area (Å²) in [4.78, 5) is 14.1. The first kappa shape index (κ1) is 13.6. The molecule has 5 heteroatoms. The Kier molecular flexibility index (Phi) is 3.56. The van der Waals surface area contributed by atoms with E-state index in [4.69, 9.17) is 4.74 Å². The predicted octanol–water partition coefficient (Wildman–Crippen LogP) is 1.11. The minimum absolute atomic E-state index is 0.0451. The molecule has 2 aliphatic rings. The Hall–Kier alpha value is -0.810. The van der Waals surface area contributed by atoms with Gasteiger partial charge in [-0.05, 0) is 40.5 Å². The molecule has 2 rings (SSSR count). The molecule has 104 valence electrons. The molecule has 0 saturated carbocycles. The molecule has 18 heavy (non-hydrogen) atoms. The van der Waals surface area contributed by atoms with Crippen LogP contribution in [0.15, 0.2) is 0 Å². The molecule has 4 atom stereocenters. The highest BCUT2D eigenvalue weighted by Gasteiger charge is 2.47. The number of ether oxygens (including phenoxy) is 1. The SMILES string of the molecule is C[C@H](O)[C@@H]1NC[C@@H]2CC[C@H]1N2C(=O)OC(C)(C)C. The van der Waals surface area contributed by atoms with Gasteiger partial charge in [0, 0.05) is 12.6 Å². The predicted molar refractivity (Wildman–Crippen MR) is 68.4 cm³/mol. The van der Waals surface area contributed by atoms with E-state index < -0.39 is 11.7 Å². The second-order valence-corrected chi connectivity index (χ2v) is 6.36. The Morgan fingerprint density at radius 1 is 1.44 bits per heavy atom. The van der Waals surface area contributed by atoms with Crippen LogP contribution in [0.5, 0.6) is 0 Å². The van der Waals surface area contributed by atoms with Crippen LogP contribution in [0.1, 0.15) is 40.5 Å². The third kappa shape index (κ3) is 2.62. The number of hydrogen-bond acceptors (Lipinski definition) is 4. The number of rotatable bonds is 1. The van der Waals surface area contributed by atoms with Crippen molar-refractivity contribution in [1.82, 2.24) is 10.2 Å². The maximum Gasteiger partial charge on any atom is 0.410 e. The molecule has 2 aliphatic heterocycles. The van der Waals surface area contributed by atoms with Crippen LogP contribution in [0.3, 0.4) is 0 Å². The minimum Gasteiger partial charge on any atom is -0.444 e. The normalized spacial score (nSPS) is 33.4. The summed E-state index contributed by atoms with van der Waals surface area (Å²) in [6.45, 7) is 8.14. The molecule has 0 aromatic carbocycles. The topological polar surface area (TPSA) is 61.8 Å². The zero-order valence-corrected chi connectivity index (χ0v) is 11.6. The second kappa shape index (κ2) is 4.70. The summed E-state index contributed by atoms with van der Waals surface area (Å²) < 4.78 is 5.46. The number of amides is 1. The van der Waals surface area contributed by atoms with Gasteiger partial charge < -0.3 is 15.2 Å². The summed E-state index contributed by atoms with van der Waals surface area (Å²) in [6, 6.07) is 0.217. The van der Waals surface area contributed by atoms with E-state index in [2.05, 4.69) is 5.32 Å². The van der Waals surface area contributed by atoms with E-state index in [9.17, 15) is 9.90 Å². The Bertz CT molecular complexity index is 325. The quantitative estimate of drug-likeness (QED) is 0.737. The van der Waals surface area contributed by atoms with E-state index in [1.54, 1.807) is 6.92 Å². The fourth-order valence-electron chi connectivity index (χ4n) is 2.96. The Labute approximate surface area is 108 Å². The fraction of sp³-hybridized carbons (Fsp3) is 0.923. The van der Waals surface area contributed by atoms with Crippen LogP contribution in [-0.4, -0.2) is 52.5 Å². The van der Waals surface area contributed by atoms with Crippen molar-refractivity contribution >= 4 is 6.09 Å². The molecule has 0 aromatic heterocycles. The summed E-state index contributed by atoms with van der Waals surface area (Å²) >= 11 is 0. The molecule has 2 N–H and O–H groups in total. The van der Waals surface area contributed by atoms with Gasteiger partial charge in [0.1, 0.15) is 5.60 Å². The molecule has 2 fully saturated rings. The number of hydrogen-bond donors (Lipinski definition) is 2. The van der Waals surface area contributed by atoms with Crippen molar-refractivity contribution in [3.8, 4) is 0 Å². The number of fused-ring (bicyclic) bond motifs is 2. The number of nitrogens with one attached hydrogen (secondary N) is 1. The van der Waals surface area contributed by atoms with E-state index in [0.717, 1.165) is 19.4 Å². The van der Waals surface area contributed by atoms with E-state index in [0.29, 0.717) is 0 Å². The number of nitrogens with zero attached hydrogens (tertiary/aromatic N) is 1. The summed E-state index contributed by atoms with van der Waals surface area (Å²) in [5.41, 5.74) is -0.471. The van der Waals surface area contributed by atoms with Crippen molar-refractivity contribution in [2.24, 2.45) is 0 Å². The zero-order valence-electron chi connectivity index (χ0n) is 11.6. The average molecular weight is 256 g/mol. The first-order valence-corrected chi connectivity index (χ1v) is 6.72. The smallest absolute Gasteiger partial charge is 0.410 e. The molecule has 0 aromatic rings. The summed E-state index contributed by atoms with van der Waals surface area (Å²) in [5, 5.41) is 13.1. The van der Waals surface area contributed by atoms with Gasteiger partial charge in [-0.25, -0.2) is 4.79 Å². The van der Waals surface area contributed by atoms with Gasteiger partial charge in [0.05, 0.1) is 18.2 Å². The number of aliphatic hydroxyl groups is 1. The van der Waals surface area contributed by atoms with Crippen molar-refractivity contribution in [2.75, 3.05) is 6.54 Å². The molecule has 2 bridgehead atoms. The fourth-order valence-corrected chi connectivity index (χ4v) is 2.96. The number of carbonyl (C=O) groups is 1. The van der Waals surface area contributed by atoms with Gasteiger partial charge in [-0.3, -0.25) is 4.90 Å². The van der Waals surface area contributed by atoms with Gasteiger partial charge in [-0.15, -0.1) is 0 Å². The van der Waals surface area contributed by atoms with E-state index in [-0.39, 0.29) is 24.2 Å². The third-order valence-corrected chi connectivity index (χ3v) is 3.67. The Morgan fingerprint density at radius 2 is 2.11 bits per heavy atom. The zero-order chi connectivity index (χ0) is 13.5. The molecule has 2 saturated heterocycles. The first-order valence-electron chi connectivity index (χ1n) is 6.72. The van der Waals surface area contributed by atoms with Crippen molar-refractivity contribution in [3.05, 3.63) is 0 Å². The lowest BCUT2D eigenvalue weighted by molar-refractivity contribution is -0.00704. The van der Waals surface area contributed by atoms with Crippen LogP contribution in [0, 0.1) is 0 Å². The van der Waals surface area contributed by atoms with Crippen molar-refractivity contribution in [2.45, 2.75) is 70.4 Å². The lowest BCUT2D eigenvalue weighted by atomic mass is 10.0. The van der Waals surface area contributed by atoms with E-state index >= 15 is 0 Å². The maximum absolute atomic E-state index is 12.2. The lowest BCUT2D eigenvalue weighted by Gasteiger charge is -2.42. The van der Waals surface area contributed by atoms with Crippen molar-refractivity contribution < 1.29 is 14.6 Å². The summed E-state index contributed by atoms with van der Waals surface area (Å²) in [6.07, 6.45) is 1.22. The van der Waals surface area contributed by atoms with Gasteiger partial charge in [0.15, 0.2) is 0 Å². The van der Waals surface area contributed by atoms with Gasteiger partial charge in [-0.1, -0.05) is 0 Å². The van der Waals surface area contributed by atoms with Crippen LogP contribution >= 0.6 is 0 Å². The van der Waals surface area contributed by atoms with Crippen LogP contribution in [-0.2, 0) is 4.74 Å². The molecule has 0 unspecified atom stereocenters. The minimum atomic E-state index is -0.471. The Morgan fingerprint density at radius 3 is 2.67 bits per heavy atom. The third-order valence-electron chi connectivity index (χ3n) is 3.67. The molecule has 5 nitrogen and oxygen atoms in total. The highest BCUT2D eigenvalue weighted by Crippen LogP contribution is 2.32. The van der Waals surface area contributed by atoms with Crippen molar-refractivity contribution in [1.29, 1.82) is 0 Å². The van der Waals surface area contributed by atoms with Gasteiger partial charge in [-0.2, -0.15) is 0 Å². The molecular weight excluding hydrogens is 232 g/mol. The van der Waals surface area contributed by atoms with E-state index in [1.165, 1.54) is 0 Å². The first-order chi connectivity index (χ1) is 8.29. The highest BCUT2D eigenvalue weighted by molar-refractivity contribution is 5.70. The van der Waals surface area contributed by atoms with Crippen LogP contribution in [0.25, 0.3) is 0 Å². The Balaban J connectivity index is 2.10. The highest BCUT2D eigenvalue weighted by atomic mass is 16.6. The standard InChI is InChI=1S/C13H24N2O3/c1-8(16)11-10-6-5-9(7-14-11)15(10)12(17)18-13(2,3)4/h8-11,14,16H,5-7H2,1-4H3/t8-,9-,10+,11-/m0/s1.